The van der Waals surface area contributed by atoms with Crippen LogP contribution in [-0.4, -0.2) is 39.3 Å². The average Bonchev–Trinajstić information content (AvgIpc) is 3.59. The second kappa shape index (κ2) is 9.54. The van der Waals surface area contributed by atoms with Crippen molar-refractivity contribution in [3.63, 3.8) is 0 Å². The fraction of sp³-hybridized carbons (Fsp3) is 0.269. The summed E-state index contributed by atoms with van der Waals surface area (Å²) in [4.78, 5) is 18.1. The Morgan fingerprint density at radius 2 is 1.89 bits per heavy atom. The third-order valence-corrected chi connectivity index (χ3v) is 6.35. The lowest BCUT2D eigenvalue weighted by molar-refractivity contribution is 0.669. The lowest BCUT2D eigenvalue weighted by Crippen LogP contribution is -2.26. The zero-order valence-electron chi connectivity index (χ0n) is 20.1. The van der Waals surface area contributed by atoms with E-state index in [1.54, 1.807) is 10.8 Å². The number of benzene rings is 1. The van der Waals surface area contributed by atoms with E-state index in [0.29, 0.717) is 12.4 Å². The molecule has 0 aliphatic carbocycles. The molecule has 0 atom stereocenters. The molecule has 0 bridgehead atoms. The van der Waals surface area contributed by atoms with Crippen molar-refractivity contribution in [3.8, 4) is 28.3 Å². The Morgan fingerprint density at radius 1 is 1.06 bits per heavy atom. The number of tetrazole rings is 1. The summed E-state index contributed by atoms with van der Waals surface area (Å²) >= 11 is 0. The monoisotopic (exact) mass is 468 g/mol. The summed E-state index contributed by atoms with van der Waals surface area (Å²) in [5.41, 5.74) is 5.78. The summed E-state index contributed by atoms with van der Waals surface area (Å²) in [5.74, 6) is 1.41. The number of H-pyrrole nitrogens is 1. The molecule has 0 saturated carbocycles. The van der Waals surface area contributed by atoms with Gasteiger partial charge in [-0.25, -0.2) is 4.79 Å². The highest BCUT2D eigenvalue weighted by molar-refractivity contribution is 5.81. The van der Waals surface area contributed by atoms with Gasteiger partial charge in [-0.15, -0.1) is 10.2 Å². The van der Waals surface area contributed by atoms with Crippen LogP contribution in [0.25, 0.3) is 28.3 Å². The Bertz CT molecular complexity index is 1490. The molecule has 5 rings (SSSR count). The highest BCUT2D eigenvalue weighted by atomic mass is 16.1. The molecule has 35 heavy (non-hydrogen) atoms. The first-order valence-electron chi connectivity index (χ1n) is 11.8. The summed E-state index contributed by atoms with van der Waals surface area (Å²) in [6, 6.07) is 11.9. The SMILES string of the molecule is CCCCc1cn(-c2c(C)ccn2C)c(=O)n1Cc1cnccc1-c1ccccc1-c1nn[nH]n1. The number of unbranched alkanes of at least 4 members (excludes halogenated alkanes) is 1. The number of aryl methyl sites for hydroxylation is 3. The molecule has 0 fully saturated rings. The number of aromatic amines is 1. The minimum Gasteiger partial charge on any atom is -0.337 e. The molecule has 1 aromatic carbocycles. The van der Waals surface area contributed by atoms with Crippen LogP contribution < -0.4 is 5.69 Å². The van der Waals surface area contributed by atoms with Crippen LogP contribution in [0.15, 0.2) is 66.0 Å². The van der Waals surface area contributed by atoms with E-state index in [9.17, 15) is 4.79 Å². The summed E-state index contributed by atoms with van der Waals surface area (Å²) in [6.07, 6.45) is 10.5. The molecule has 5 aromatic rings. The van der Waals surface area contributed by atoms with Gasteiger partial charge in [-0.2, -0.15) is 5.21 Å². The zero-order valence-corrected chi connectivity index (χ0v) is 20.1. The molecule has 0 aliphatic rings. The lowest BCUT2D eigenvalue weighted by Gasteiger charge is -2.14. The van der Waals surface area contributed by atoms with E-state index in [4.69, 9.17) is 0 Å². The second-order valence-corrected chi connectivity index (χ2v) is 8.71. The normalized spacial score (nSPS) is 11.3. The molecule has 178 valence electrons. The van der Waals surface area contributed by atoms with E-state index < -0.39 is 0 Å². The quantitative estimate of drug-likeness (QED) is 0.372. The zero-order chi connectivity index (χ0) is 24.4. The van der Waals surface area contributed by atoms with Crippen molar-refractivity contribution in [2.24, 2.45) is 7.05 Å². The van der Waals surface area contributed by atoms with Crippen molar-refractivity contribution >= 4 is 0 Å². The van der Waals surface area contributed by atoms with Crippen LogP contribution in [0.5, 0.6) is 0 Å². The fourth-order valence-electron chi connectivity index (χ4n) is 4.59. The van der Waals surface area contributed by atoms with Gasteiger partial charge < -0.3 is 4.57 Å². The first-order valence-corrected chi connectivity index (χ1v) is 11.8. The minimum absolute atomic E-state index is 0.0535. The molecule has 0 radical (unpaired) electrons. The third kappa shape index (κ3) is 4.21. The summed E-state index contributed by atoms with van der Waals surface area (Å²) < 4.78 is 5.63. The van der Waals surface area contributed by atoms with Crippen LogP contribution in [0, 0.1) is 6.92 Å². The van der Waals surface area contributed by atoms with E-state index in [1.807, 2.05) is 78.1 Å². The van der Waals surface area contributed by atoms with Gasteiger partial charge in [0.25, 0.3) is 0 Å². The van der Waals surface area contributed by atoms with Gasteiger partial charge in [0.2, 0.25) is 5.82 Å². The van der Waals surface area contributed by atoms with Gasteiger partial charge >= 0.3 is 5.69 Å². The summed E-state index contributed by atoms with van der Waals surface area (Å²) in [6.45, 7) is 4.60. The molecule has 0 unspecified atom stereocenters. The molecule has 1 N–H and O–H groups in total. The number of nitrogens with one attached hydrogen (secondary N) is 1. The first-order chi connectivity index (χ1) is 17.1. The summed E-state index contributed by atoms with van der Waals surface area (Å²) in [7, 11) is 1.96. The van der Waals surface area contributed by atoms with Gasteiger partial charge in [0, 0.05) is 43.1 Å². The largest absolute Gasteiger partial charge is 0.337 e. The van der Waals surface area contributed by atoms with Crippen LogP contribution in [0.4, 0.5) is 0 Å². The number of aromatic nitrogens is 8. The van der Waals surface area contributed by atoms with Crippen LogP contribution >= 0.6 is 0 Å². The average molecular weight is 469 g/mol. The molecular weight excluding hydrogens is 440 g/mol. The molecule has 0 spiro atoms. The number of hydrogen-bond donors (Lipinski definition) is 1. The van der Waals surface area contributed by atoms with Crippen molar-refractivity contribution < 1.29 is 0 Å². The molecule has 0 saturated heterocycles. The molecule has 0 aliphatic heterocycles. The molecule has 0 amide bonds. The highest BCUT2D eigenvalue weighted by Crippen LogP contribution is 2.32. The number of rotatable bonds is 8. The Balaban J connectivity index is 1.62. The summed E-state index contributed by atoms with van der Waals surface area (Å²) in [5, 5.41) is 14.6. The maximum atomic E-state index is 13.7. The molecule has 4 aromatic heterocycles. The predicted octanol–water partition coefficient (Wildman–Crippen LogP) is 3.92. The van der Waals surface area contributed by atoms with E-state index in [1.165, 1.54) is 0 Å². The van der Waals surface area contributed by atoms with Gasteiger partial charge in [0.05, 0.1) is 6.54 Å². The van der Waals surface area contributed by atoms with Crippen molar-refractivity contribution in [1.82, 2.24) is 39.3 Å². The smallest absolute Gasteiger partial charge is 0.334 e. The Morgan fingerprint density at radius 3 is 2.60 bits per heavy atom. The number of nitrogens with zero attached hydrogens (tertiary/aromatic N) is 7. The molecule has 4 heterocycles. The topological polar surface area (TPSA) is 99.2 Å². The van der Waals surface area contributed by atoms with E-state index in [0.717, 1.165) is 58.6 Å². The minimum atomic E-state index is -0.0535. The number of pyridine rings is 1. The maximum Gasteiger partial charge on any atom is 0.334 e. The molecule has 9 heteroatoms. The van der Waals surface area contributed by atoms with Gasteiger partial charge in [0.1, 0.15) is 5.82 Å². The van der Waals surface area contributed by atoms with E-state index in [2.05, 4.69) is 32.5 Å². The predicted molar refractivity (Wildman–Crippen MR) is 134 cm³/mol. The van der Waals surface area contributed by atoms with Crippen LogP contribution in [-0.2, 0) is 20.0 Å². The fourth-order valence-corrected chi connectivity index (χ4v) is 4.59. The Labute approximate surface area is 203 Å². The van der Waals surface area contributed by atoms with E-state index in [-0.39, 0.29) is 5.69 Å². The molecule has 9 nitrogen and oxygen atoms in total. The van der Waals surface area contributed by atoms with Gasteiger partial charge in [-0.05, 0) is 59.4 Å². The van der Waals surface area contributed by atoms with Crippen LogP contribution in [0.1, 0.15) is 36.6 Å². The van der Waals surface area contributed by atoms with Gasteiger partial charge in [0.15, 0.2) is 0 Å². The van der Waals surface area contributed by atoms with Crippen molar-refractivity contribution in [3.05, 3.63) is 88.5 Å². The Kier molecular flexibility index (Phi) is 6.13. The highest BCUT2D eigenvalue weighted by Gasteiger charge is 2.19. The third-order valence-electron chi connectivity index (χ3n) is 6.35. The van der Waals surface area contributed by atoms with E-state index >= 15 is 0 Å². The van der Waals surface area contributed by atoms with Gasteiger partial charge in [-0.1, -0.05) is 37.6 Å². The van der Waals surface area contributed by atoms with Crippen molar-refractivity contribution in [2.75, 3.05) is 0 Å². The molecular formula is C26H28N8O. The maximum absolute atomic E-state index is 13.7. The Hall–Kier alpha value is -4.27. The number of imidazole rings is 1. The van der Waals surface area contributed by atoms with Crippen molar-refractivity contribution in [1.29, 1.82) is 0 Å². The van der Waals surface area contributed by atoms with Crippen LogP contribution in [0.2, 0.25) is 0 Å². The van der Waals surface area contributed by atoms with Crippen molar-refractivity contribution in [2.45, 2.75) is 39.7 Å². The lowest BCUT2D eigenvalue weighted by atomic mass is 9.96. The first kappa shape index (κ1) is 22.5. The van der Waals surface area contributed by atoms with Crippen LogP contribution in [0.3, 0.4) is 0 Å². The second-order valence-electron chi connectivity index (χ2n) is 8.71. The standard InChI is InChI=1S/C26H28N8O/c1-4-5-8-20-17-34(25-18(2)12-14-32(25)3)26(35)33(20)16-19-15-27-13-11-21(19)22-9-6-7-10-23(22)24-28-30-31-29-24/h6-7,9-15,17H,4-5,8,16H2,1-3H3,(H,28,29,30,31). The number of hydrogen-bond acceptors (Lipinski definition) is 5. The van der Waals surface area contributed by atoms with Gasteiger partial charge in [-0.3, -0.25) is 14.1 Å².